The van der Waals surface area contributed by atoms with Gasteiger partial charge in [-0.3, -0.25) is 0 Å². The molecule has 0 aliphatic carbocycles. The highest BCUT2D eigenvalue weighted by atomic mass is 16.3. The Kier molecular flexibility index (Phi) is 3.76. The number of hydrogen-bond acceptors (Lipinski definition) is 2. The van der Waals surface area contributed by atoms with Crippen LogP contribution in [0.3, 0.4) is 0 Å². The fourth-order valence-corrected chi connectivity index (χ4v) is 2.73. The Labute approximate surface area is 120 Å². The molecule has 2 rings (SSSR count). The lowest BCUT2D eigenvalue weighted by atomic mass is 9.72. The van der Waals surface area contributed by atoms with Gasteiger partial charge in [-0.15, -0.1) is 0 Å². The van der Waals surface area contributed by atoms with Crippen LogP contribution >= 0.6 is 0 Å². The lowest BCUT2D eigenvalue weighted by molar-refractivity contribution is 0.416. The highest BCUT2D eigenvalue weighted by Crippen LogP contribution is 2.44. The van der Waals surface area contributed by atoms with Crippen molar-refractivity contribution in [2.45, 2.75) is 39.5 Å². The van der Waals surface area contributed by atoms with Gasteiger partial charge in [0.15, 0.2) is 0 Å². The number of phenolic OH excluding ortho intramolecular Hbond substituents is 2. The predicted molar refractivity (Wildman–Crippen MR) is 82.4 cm³/mol. The molecule has 20 heavy (non-hydrogen) atoms. The second-order valence-electron chi connectivity index (χ2n) is 5.63. The molecule has 0 saturated heterocycles. The molecule has 2 heteroatoms. The Morgan fingerprint density at radius 1 is 0.850 bits per heavy atom. The van der Waals surface area contributed by atoms with E-state index in [9.17, 15) is 10.2 Å². The van der Waals surface area contributed by atoms with E-state index in [0.29, 0.717) is 11.5 Å². The molecule has 0 fully saturated rings. The second-order valence-corrected chi connectivity index (χ2v) is 5.63. The minimum absolute atomic E-state index is 0.317. The van der Waals surface area contributed by atoms with Gasteiger partial charge in [0.25, 0.3) is 0 Å². The average Bonchev–Trinajstić information content (AvgIpc) is 2.44. The maximum absolute atomic E-state index is 10.4. The molecule has 2 aromatic carbocycles. The highest BCUT2D eigenvalue weighted by molar-refractivity contribution is 5.54. The molecule has 0 saturated carbocycles. The second kappa shape index (κ2) is 5.20. The van der Waals surface area contributed by atoms with E-state index < -0.39 is 5.41 Å². The highest BCUT2D eigenvalue weighted by Gasteiger charge is 2.32. The van der Waals surface area contributed by atoms with Gasteiger partial charge in [-0.1, -0.05) is 50.2 Å². The Balaban J connectivity index is 2.71. The molecule has 2 aromatic rings. The van der Waals surface area contributed by atoms with E-state index in [0.717, 1.165) is 28.7 Å². The number of benzene rings is 2. The zero-order valence-electron chi connectivity index (χ0n) is 12.6. The van der Waals surface area contributed by atoms with Crippen LogP contribution in [0.4, 0.5) is 0 Å². The Bertz CT molecular complexity index is 578. The molecular weight excluding hydrogens is 248 g/mol. The monoisotopic (exact) mass is 270 g/mol. The van der Waals surface area contributed by atoms with E-state index in [1.807, 2.05) is 50.2 Å². The van der Waals surface area contributed by atoms with Crippen molar-refractivity contribution in [3.63, 3.8) is 0 Å². The molecule has 0 atom stereocenters. The van der Waals surface area contributed by atoms with Crippen LogP contribution in [0.5, 0.6) is 11.5 Å². The van der Waals surface area contributed by atoms with Gasteiger partial charge >= 0.3 is 0 Å². The Morgan fingerprint density at radius 2 is 1.25 bits per heavy atom. The number of phenols is 2. The summed E-state index contributed by atoms with van der Waals surface area (Å²) in [4.78, 5) is 0. The van der Waals surface area contributed by atoms with Crippen molar-refractivity contribution >= 4 is 0 Å². The van der Waals surface area contributed by atoms with Gasteiger partial charge in [-0.2, -0.15) is 0 Å². The van der Waals surface area contributed by atoms with Crippen LogP contribution in [-0.2, 0) is 5.41 Å². The quantitative estimate of drug-likeness (QED) is 0.866. The van der Waals surface area contributed by atoms with Gasteiger partial charge in [-0.05, 0) is 31.4 Å². The third-order valence-electron chi connectivity index (χ3n) is 4.37. The first kappa shape index (κ1) is 14.4. The van der Waals surface area contributed by atoms with E-state index in [-0.39, 0.29) is 0 Å². The van der Waals surface area contributed by atoms with Crippen LogP contribution in [0.2, 0.25) is 0 Å². The summed E-state index contributed by atoms with van der Waals surface area (Å²) < 4.78 is 0. The number of aryl methyl sites for hydroxylation is 2. The molecule has 0 spiro atoms. The van der Waals surface area contributed by atoms with Gasteiger partial charge in [0.05, 0.1) is 0 Å². The average molecular weight is 270 g/mol. The third-order valence-corrected chi connectivity index (χ3v) is 4.37. The molecule has 0 aliphatic heterocycles. The number of para-hydroxylation sites is 2. The summed E-state index contributed by atoms with van der Waals surface area (Å²) in [6.07, 6.45) is 0.793. The topological polar surface area (TPSA) is 40.5 Å². The predicted octanol–water partition coefficient (Wildman–Crippen LogP) is 4.43. The minimum atomic E-state index is -0.411. The lowest BCUT2D eigenvalue weighted by Gasteiger charge is -2.31. The maximum atomic E-state index is 10.4. The van der Waals surface area contributed by atoms with Gasteiger partial charge in [-0.25, -0.2) is 0 Å². The minimum Gasteiger partial charge on any atom is -0.507 e. The smallest absolute Gasteiger partial charge is 0.122 e. The standard InChI is InChI=1S/C18H22O2/c1-5-18(4,14-10-6-8-12(2)16(14)19)15-11-7-9-13(3)17(15)20/h6-11,19-20H,5H2,1-4H3. The fraction of sp³-hybridized carbons (Fsp3) is 0.333. The van der Waals surface area contributed by atoms with Gasteiger partial charge in [0, 0.05) is 16.5 Å². The van der Waals surface area contributed by atoms with Crippen molar-refractivity contribution in [3.8, 4) is 11.5 Å². The van der Waals surface area contributed by atoms with Crippen molar-refractivity contribution in [2.24, 2.45) is 0 Å². The van der Waals surface area contributed by atoms with Crippen LogP contribution in [0.25, 0.3) is 0 Å². The molecule has 0 amide bonds. The lowest BCUT2D eigenvalue weighted by Crippen LogP contribution is -2.23. The summed E-state index contributed by atoms with van der Waals surface area (Å²) in [5, 5.41) is 20.8. The summed E-state index contributed by atoms with van der Waals surface area (Å²) in [6, 6.07) is 11.6. The number of aromatic hydroxyl groups is 2. The Morgan fingerprint density at radius 3 is 1.60 bits per heavy atom. The zero-order valence-corrected chi connectivity index (χ0v) is 12.6. The van der Waals surface area contributed by atoms with E-state index >= 15 is 0 Å². The van der Waals surface area contributed by atoms with Crippen LogP contribution < -0.4 is 0 Å². The Hall–Kier alpha value is -1.96. The van der Waals surface area contributed by atoms with E-state index in [1.54, 1.807) is 0 Å². The van der Waals surface area contributed by atoms with Crippen LogP contribution in [0.1, 0.15) is 42.5 Å². The number of rotatable bonds is 3. The first-order valence-electron chi connectivity index (χ1n) is 7.00. The summed E-state index contributed by atoms with van der Waals surface area (Å²) >= 11 is 0. The normalized spacial score (nSPS) is 11.6. The largest absolute Gasteiger partial charge is 0.507 e. The van der Waals surface area contributed by atoms with Gasteiger partial charge in [0.1, 0.15) is 11.5 Å². The SMILES string of the molecule is CCC(C)(c1cccc(C)c1O)c1cccc(C)c1O. The van der Waals surface area contributed by atoms with Gasteiger partial charge < -0.3 is 10.2 Å². The fourth-order valence-electron chi connectivity index (χ4n) is 2.73. The summed E-state index contributed by atoms with van der Waals surface area (Å²) in [5.41, 5.74) is 3.03. The summed E-state index contributed by atoms with van der Waals surface area (Å²) in [7, 11) is 0. The molecule has 2 N–H and O–H groups in total. The molecule has 0 bridgehead atoms. The van der Waals surface area contributed by atoms with E-state index in [4.69, 9.17) is 0 Å². The summed E-state index contributed by atoms with van der Waals surface area (Å²) in [6.45, 7) is 7.93. The molecule has 106 valence electrons. The van der Waals surface area contributed by atoms with Crippen LogP contribution in [0, 0.1) is 13.8 Å². The first-order chi connectivity index (χ1) is 9.41. The van der Waals surface area contributed by atoms with Crippen LogP contribution in [-0.4, -0.2) is 10.2 Å². The maximum Gasteiger partial charge on any atom is 0.122 e. The molecule has 0 heterocycles. The summed E-state index contributed by atoms with van der Waals surface area (Å²) in [5.74, 6) is 0.635. The zero-order chi connectivity index (χ0) is 14.9. The molecular formula is C18H22O2. The first-order valence-corrected chi connectivity index (χ1v) is 7.00. The molecule has 0 unspecified atom stereocenters. The van der Waals surface area contributed by atoms with Crippen molar-refractivity contribution in [3.05, 3.63) is 58.7 Å². The molecule has 2 nitrogen and oxygen atoms in total. The van der Waals surface area contributed by atoms with E-state index in [1.165, 1.54) is 0 Å². The molecule has 0 aliphatic rings. The van der Waals surface area contributed by atoms with Gasteiger partial charge in [0.2, 0.25) is 0 Å². The number of hydrogen-bond donors (Lipinski definition) is 2. The van der Waals surface area contributed by atoms with Crippen molar-refractivity contribution < 1.29 is 10.2 Å². The van der Waals surface area contributed by atoms with Crippen molar-refractivity contribution in [1.29, 1.82) is 0 Å². The third kappa shape index (κ3) is 2.15. The molecule has 0 aromatic heterocycles. The van der Waals surface area contributed by atoms with E-state index in [2.05, 4.69) is 13.8 Å². The molecule has 0 radical (unpaired) electrons. The van der Waals surface area contributed by atoms with Crippen LogP contribution in [0.15, 0.2) is 36.4 Å². The van der Waals surface area contributed by atoms with Crippen molar-refractivity contribution in [2.75, 3.05) is 0 Å². The van der Waals surface area contributed by atoms with Crippen molar-refractivity contribution in [1.82, 2.24) is 0 Å².